The molecule has 4 rings (SSSR count). The normalized spacial score (nSPS) is 16.8. The number of imidazole rings is 1. The van der Waals surface area contributed by atoms with Gasteiger partial charge in [-0.05, 0) is 41.5 Å². The zero-order valence-corrected chi connectivity index (χ0v) is 16.1. The Balaban J connectivity index is 1.93. The van der Waals surface area contributed by atoms with E-state index in [1.54, 1.807) is 16.4 Å². The van der Waals surface area contributed by atoms with Gasteiger partial charge in [0.15, 0.2) is 5.69 Å². The monoisotopic (exact) mass is 462 g/mol. The summed E-state index contributed by atoms with van der Waals surface area (Å²) in [6.07, 6.45) is 2.25. The van der Waals surface area contributed by atoms with E-state index in [1.807, 2.05) is 18.2 Å². The van der Waals surface area contributed by atoms with Crippen LogP contribution in [0.3, 0.4) is 0 Å². The highest BCUT2D eigenvalue weighted by molar-refractivity contribution is 14.1. The molecule has 1 aromatic carbocycles. The molecule has 1 amide bonds. The molecule has 2 aromatic rings. The number of hydrogen-bond acceptors (Lipinski definition) is 4. The zero-order chi connectivity index (χ0) is 18.4. The topological polar surface area (TPSA) is 87.8 Å². The number of carbonyl (C=O) groups is 2. The third-order valence-electron chi connectivity index (χ3n) is 4.55. The number of carbonyl (C=O) groups excluding carboxylic acids is 1. The van der Waals surface area contributed by atoms with Gasteiger partial charge in [-0.25, -0.2) is 9.78 Å². The maximum atomic E-state index is 12.6. The van der Waals surface area contributed by atoms with Crippen LogP contribution in [0.2, 0.25) is 0 Å². The van der Waals surface area contributed by atoms with Crippen molar-refractivity contribution in [1.29, 1.82) is 0 Å². The number of benzene rings is 1. The fourth-order valence-corrected chi connectivity index (χ4v) is 4.33. The number of amides is 1. The largest absolute Gasteiger partial charge is 0.476 e. The minimum absolute atomic E-state index is 0.0214. The van der Waals surface area contributed by atoms with E-state index in [0.717, 1.165) is 21.3 Å². The van der Waals surface area contributed by atoms with E-state index in [9.17, 15) is 14.7 Å². The van der Waals surface area contributed by atoms with Gasteiger partial charge in [0.1, 0.15) is 18.2 Å². The lowest BCUT2D eigenvalue weighted by Crippen LogP contribution is -2.36. The molecule has 0 saturated carbocycles. The fourth-order valence-electron chi connectivity index (χ4n) is 3.32. The first-order valence-corrected chi connectivity index (χ1v) is 9.18. The second-order valence-corrected chi connectivity index (χ2v) is 7.18. The van der Waals surface area contributed by atoms with Crippen molar-refractivity contribution in [3.63, 3.8) is 0 Å². The van der Waals surface area contributed by atoms with Gasteiger partial charge in [-0.2, -0.15) is 0 Å². The van der Waals surface area contributed by atoms with Gasteiger partial charge in [0, 0.05) is 18.3 Å². The lowest BCUT2D eigenvalue weighted by molar-refractivity contribution is -0.126. The first kappa shape index (κ1) is 17.0. The van der Waals surface area contributed by atoms with Crippen LogP contribution in [0.15, 0.2) is 39.0 Å². The summed E-state index contributed by atoms with van der Waals surface area (Å²) in [5.74, 6) is -0.0918. The number of aromatic carboxylic acids is 1. The average molecular weight is 462 g/mol. The van der Waals surface area contributed by atoms with E-state index in [2.05, 4.69) is 38.6 Å². The average Bonchev–Trinajstić information content (AvgIpc) is 2.96. The van der Waals surface area contributed by atoms with E-state index in [4.69, 9.17) is 0 Å². The second kappa shape index (κ2) is 6.35. The molecule has 0 radical (unpaired) electrons. The number of halogens is 1. The van der Waals surface area contributed by atoms with Crippen LogP contribution < -0.4 is 0 Å². The van der Waals surface area contributed by atoms with E-state index in [0.29, 0.717) is 18.2 Å². The van der Waals surface area contributed by atoms with Crippen molar-refractivity contribution in [1.82, 2.24) is 14.5 Å². The van der Waals surface area contributed by atoms with Gasteiger partial charge in [0.2, 0.25) is 5.91 Å². The van der Waals surface area contributed by atoms with Crippen molar-refractivity contribution in [2.45, 2.75) is 13.3 Å². The van der Waals surface area contributed by atoms with Crippen LogP contribution in [0, 0.1) is 6.92 Å². The summed E-state index contributed by atoms with van der Waals surface area (Å²) in [4.78, 5) is 34.2. The molecule has 0 saturated heterocycles. The standard InChI is InChI=1S/C18H15IN4O3/c1-10-21-13(18(25)26)9-23(10)17-15(19)16-12-5-3-2-4-11(12)6-7-22(16)14(24)8-20-17/h2-5,9H,6-8H2,1H3,(H,25,26). The maximum absolute atomic E-state index is 12.6. The predicted molar refractivity (Wildman–Crippen MR) is 104 cm³/mol. The Morgan fingerprint density at radius 1 is 1.31 bits per heavy atom. The lowest BCUT2D eigenvalue weighted by atomic mass is 9.96. The van der Waals surface area contributed by atoms with Gasteiger partial charge in [-0.1, -0.05) is 24.3 Å². The third kappa shape index (κ3) is 2.64. The number of aromatic nitrogens is 2. The number of aliphatic imine (C=N–C) groups is 1. The first-order chi connectivity index (χ1) is 12.5. The molecule has 132 valence electrons. The number of carboxylic acid groups (broad SMARTS) is 1. The number of aryl methyl sites for hydroxylation is 1. The summed E-state index contributed by atoms with van der Waals surface area (Å²) in [5, 5.41) is 9.21. The molecule has 1 N–H and O–H groups in total. The van der Waals surface area contributed by atoms with Gasteiger partial charge < -0.3 is 10.0 Å². The SMILES string of the molecule is Cc1nc(C(=O)O)cn1C1=NCC(=O)N2CCc3ccccc3C2=C1I. The Labute approximate surface area is 163 Å². The van der Waals surface area contributed by atoms with Gasteiger partial charge in [-0.3, -0.25) is 14.4 Å². The Kier molecular flexibility index (Phi) is 4.14. The Morgan fingerprint density at radius 2 is 2.08 bits per heavy atom. The van der Waals surface area contributed by atoms with Crippen LogP contribution in [0.4, 0.5) is 0 Å². The smallest absolute Gasteiger partial charge is 0.356 e. The van der Waals surface area contributed by atoms with E-state index < -0.39 is 5.97 Å². The molecule has 8 heteroatoms. The Morgan fingerprint density at radius 3 is 2.81 bits per heavy atom. The number of allylic oxidation sites excluding steroid dienone is 1. The molecule has 7 nitrogen and oxygen atoms in total. The minimum atomic E-state index is -1.09. The molecule has 26 heavy (non-hydrogen) atoms. The molecule has 0 aliphatic carbocycles. The van der Waals surface area contributed by atoms with Crippen molar-refractivity contribution in [3.05, 3.63) is 56.7 Å². The second-order valence-electron chi connectivity index (χ2n) is 6.10. The van der Waals surface area contributed by atoms with E-state index >= 15 is 0 Å². The van der Waals surface area contributed by atoms with Crippen molar-refractivity contribution in [2.24, 2.45) is 4.99 Å². The van der Waals surface area contributed by atoms with Crippen LogP contribution >= 0.6 is 22.6 Å². The Bertz CT molecular complexity index is 1010. The number of fused-ring (bicyclic) bond motifs is 3. The lowest BCUT2D eigenvalue weighted by Gasteiger charge is -2.31. The molecule has 0 bridgehead atoms. The number of nitrogens with zero attached hydrogens (tertiary/aromatic N) is 4. The first-order valence-electron chi connectivity index (χ1n) is 8.10. The molecule has 0 fully saturated rings. The molecular weight excluding hydrogens is 447 g/mol. The minimum Gasteiger partial charge on any atom is -0.476 e. The van der Waals surface area contributed by atoms with Crippen LogP contribution in [0.25, 0.3) is 5.70 Å². The van der Waals surface area contributed by atoms with Crippen LogP contribution in [-0.2, 0) is 11.2 Å². The summed E-state index contributed by atoms with van der Waals surface area (Å²) in [6.45, 7) is 2.36. The zero-order valence-electron chi connectivity index (χ0n) is 13.9. The highest BCUT2D eigenvalue weighted by Gasteiger charge is 2.32. The third-order valence-corrected chi connectivity index (χ3v) is 5.54. The van der Waals surface area contributed by atoms with Crippen LogP contribution in [-0.4, -0.2) is 50.4 Å². The predicted octanol–water partition coefficient (Wildman–Crippen LogP) is 2.34. The van der Waals surface area contributed by atoms with Gasteiger partial charge in [0.25, 0.3) is 0 Å². The maximum Gasteiger partial charge on any atom is 0.356 e. The molecule has 3 heterocycles. The highest BCUT2D eigenvalue weighted by Crippen LogP contribution is 2.36. The molecule has 0 unspecified atom stereocenters. The van der Waals surface area contributed by atoms with Crippen molar-refractivity contribution < 1.29 is 14.7 Å². The molecule has 0 atom stereocenters. The summed E-state index contributed by atoms with van der Waals surface area (Å²) in [7, 11) is 0. The molecule has 1 aromatic heterocycles. The highest BCUT2D eigenvalue weighted by atomic mass is 127. The summed E-state index contributed by atoms with van der Waals surface area (Å²) in [6, 6.07) is 8.03. The summed E-state index contributed by atoms with van der Waals surface area (Å²) >= 11 is 2.19. The van der Waals surface area contributed by atoms with Crippen LogP contribution in [0.5, 0.6) is 0 Å². The number of rotatable bonds is 1. The van der Waals surface area contributed by atoms with E-state index in [-0.39, 0.29) is 18.1 Å². The van der Waals surface area contributed by atoms with Crippen molar-refractivity contribution in [2.75, 3.05) is 13.1 Å². The summed E-state index contributed by atoms with van der Waals surface area (Å²) in [5.41, 5.74) is 2.99. The fraction of sp³-hybridized carbons (Fsp3) is 0.222. The summed E-state index contributed by atoms with van der Waals surface area (Å²) < 4.78 is 2.45. The van der Waals surface area contributed by atoms with E-state index in [1.165, 1.54) is 11.8 Å². The molecule has 0 spiro atoms. The van der Waals surface area contributed by atoms with Gasteiger partial charge in [0.05, 0.1) is 9.28 Å². The molecule has 2 aliphatic heterocycles. The van der Waals surface area contributed by atoms with Crippen molar-refractivity contribution >= 4 is 46.0 Å². The number of carboxylic acids is 1. The quantitative estimate of drug-likeness (QED) is 0.660. The van der Waals surface area contributed by atoms with Gasteiger partial charge >= 0.3 is 5.97 Å². The number of hydrogen-bond donors (Lipinski definition) is 1. The Hall–Kier alpha value is -2.49. The van der Waals surface area contributed by atoms with Crippen molar-refractivity contribution in [3.8, 4) is 0 Å². The molecular formula is C18H15IN4O3. The molecule has 2 aliphatic rings. The van der Waals surface area contributed by atoms with Gasteiger partial charge in [-0.15, -0.1) is 0 Å². The van der Waals surface area contributed by atoms with Crippen LogP contribution in [0.1, 0.15) is 27.4 Å².